The van der Waals surface area contributed by atoms with E-state index in [2.05, 4.69) is 10.5 Å². The molecule has 1 N–H and O–H groups in total. The molecule has 0 saturated carbocycles. The maximum Gasteiger partial charge on any atom is 0.237 e. The lowest BCUT2D eigenvalue weighted by Gasteiger charge is -2.11. The molecular weight excluding hydrogens is 384 g/mol. The van der Waals surface area contributed by atoms with Gasteiger partial charge in [0, 0.05) is 22.3 Å². The van der Waals surface area contributed by atoms with E-state index in [9.17, 15) is 4.79 Å². The molecule has 3 aromatic rings. The lowest BCUT2D eigenvalue weighted by Crippen LogP contribution is -2.22. The summed E-state index contributed by atoms with van der Waals surface area (Å²) in [5, 5.41) is 7.41. The van der Waals surface area contributed by atoms with Gasteiger partial charge in [-0.2, -0.15) is 0 Å². The lowest BCUT2D eigenvalue weighted by atomic mass is 10.1. The SMILES string of the molecule is COc1ccc(NC(=O)[C@@H](C)SCc2cc(-c3ccc(Cl)cc3)no2)cc1. The molecule has 27 heavy (non-hydrogen) atoms. The fourth-order valence-corrected chi connectivity index (χ4v) is 3.23. The number of nitrogens with one attached hydrogen (secondary N) is 1. The van der Waals surface area contributed by atoms with Gasteiger partial charge in [-0.1, -0.05) is 28.9 Å². The summed E-state index contributed by atoms with van der Waals surface area (Å²) in [5.74, 6) is 1.95. The molecule has 5 nitrogen and oxygen atoms in total. The number of anilines is 1. The summed E-state index contributed by atoms with van der Waals surface area (Å²) < 4.78 is 10.5. The van der Waals surface area contributed by atoms with Crippen LogP contribution < -0.4 is 10.1 Å². The molecule has 0 radical (unpaired) electrons. The fraction of sp³-hybridized carbons (Fsp3) is 0.200. The van der Waals surface area contributed by atoms with E-state index in [1.807, 2.05) is 49.4 Å². The van der Waals surface area contributed by atoms with Gasteiger partial charge in [0.2, 0.25) is 5.91 Å². The van der Waals surface area contributed by atoms with Crippen molar-refractivity contribution in [2.45, 2.75) is 17.9 Å². The predicted molar refractivity (Wildman–Crippen MR) is 109 cm³/mol. The average molecular weight is 403 g/mol. The fourth-order valence-electron chi connectivity index (χ4n) is 2.34. The van der Waals surface area contributed by atoms with E-state index in [0.29, 0.717) is 16.5 Å². The second kappa shape index (κ2) is 8.97. The first-order chi connectivity index (χ1) is 13.0. The Balaban J connectivity index is 1.53. The van der Waals surface area contributed by atoms with Crippen molar-refractivity contribution < 1.29 is 14.1 Å². The Morgan fingerprint density at radius 2 is 1.93 bits per heavy atom. The number of amides is 1. The van der Waals surface area contributed by atoms with Gasteiger partial charge in [0.05, 0.1) is 18.1 Å². The first-order valence-electron chi connectivity index (χ1n) is 8.33. The van der Waals surface area contributed by atoms with Gasteiger partial charge in [-0.05, 0) is 43.3 Å². The maximum absolute atomic E-state index is 12.3. The predicted octanol–water partition coefficient (Wildman–Crippen LogP) is 5.26. The van der Waals surface area contributed by atoms with Crippen molar-refractivity contribution >= 4 is 35.0 Å². The maximum atomic E-state index is 12.3. The summed E-state index contributed by atoms with van der Waals surface area (Å²) in [6.45, 7) is 1.86. The molecule has 1 atom stereocenters. The highest BCUT2D eigenvalue weighted by Crippen LogP contribution is 2.25. The van der Waals surface area contributed by atoms with Crippen LogP contribution in [0.25, 0.3) is 11.3 Å². The molecule has 7 heteroatoms. The Bertz CT molecular complexity index is 894. The molecule has 140 valence electrons. The van der Waals surface area contributed by atoms with E-state index in [1.165, 1.54) is 11.8 Å². The Labute approximate surface area is 167 Å². The van der Waals surface area contributed by atoms with Crippen molar-refractivity contribution in [3.63, 3.8) is 0 Å². The minimum absolute atomic E-state index is 0.0670. The van der Waals surface area contributed by atoms with Crippen molar-refractivity contribution in [1.29, 1.82) is 0 Å². The summed E-state index contributed by atoms with van der Waals surface area (Å²) >= 11 is 7.38. The monoisotopic (exact) mass is 402 g/mol. The summed E-state index contributed by atoms with van der Waals surface area (Å²) in [6.07, 6.45) is 0. The zero-order chi connectivity index (χ0) is 19.2. The van der Waals surface area contributed by atoms with Crippen LogP contribution in [0.4, 0.5) is 5.69 Å². The number of thioether (sulfide) groups is 1. The molecule has 0 unspecified atom stereocenters. The summed E-state index contributed by atoms with van der Waals surface area (Å²) in [6, 6.07) is 16.5. The van der Waals surface area contributed by atoms with Crippen LogP contribution in [0.3, 0.4) is 0 Å². The number of ether oxygens (including phenoxy) is 1. The molecule has 3 rings (SSSR count). The Morgan fingerprint density at radius 1 is 1.22 bits per heavy atom. The van der Waals surface area contributed by atoms with Crippen LogP contribution >= 0.6 is 23.4 Å². The van der Waals surface area contributed by atoms with Gasteiger partial charge >= 0.3 is 0 Å². The number of aromatic nitrogens is 1. The number of halogens is 1. The van der Waals surface area contributed by atoms with Crippen molar-refractivity contribution in [2.75, 3.05) is 12.4 Å². The topological polar surface area (TPSA) is 64.4 Å². The second-order valence-electron chi connectivity index (χ2n) is 5.86. The third kappa shape index (κ3) is 5.28. The molecule has 0 saturated heterocycles. The molecule has 0 aliphatic carbocycles. The van der Waals surface area contributed by atoms with Crippen LogP contribution in [0.15, 0.2) is 59.1 Å². The van der Waals surface area contributed by atoms with Crippen LogP contribution in [0, 0.1) is 0 Å². The largest absolute Gasteiger partial charge is 0.497 e. The minimum atomic E-state index is -0.240. The highest BCUT2D eigenvalue weighted by molar-refractivity contribution is 7.99. The minimum Gasteiger partial charge on any atom is -0.497 e. The number of hydrogen-bond acceptors (Lipinski definition) is 5. The number of carbonyl (C=O) groups excluding carboxylic acids is 1. The van der Waals surface area contributed by atoms with E-state index in [-0.39, 0.29) is 11.2 Å². The number of nitrogens with zero attached hydrogens (tertiary/aromatic N) is 1. The van der Waals surface area contributed by atoms with Crippen LogP contribution in [0.2, 0.25) is 5.02 Å². The van der Waals surface area contributed by atoms with Crippen molar-refractivity contribution in [3.8, 4) is 17.0 Å². The van der Waals surface area contributed by atoms with E-state index in [0.717, 1.165) is 22.7 Å². The third-order valence-corrected chi connectivity index (χ3v) is 5.32. The third-order valence-electron chi connectivity index (χ3n) is 3.90. The first-order valence-corrected chi connectivity index (χ1v) is 9.76. The molecule has 2 aromatic carbocycles. The standard InChI is InChI=1S/C20H19ClN2O3S/c1-13(20(24)22-16-7-9-17(25-2)10-8-16)27-12-18-11-19(23-26-18)14-3-5-15(21)6-4-14/h3-11,13H,12H2,1-2H3,(H,22,24)/t13-/m1/s1. The number of rotatable bonds is 7. The average Bonchev–Trinajstić information content (AvgIpc) is 3.16. The molecule has 1 amide bonds. The molecule has 0 aliphatic rings. The highest BCUT2D eigenvalue weighted by atomic mass is 35.5. The van der Waals surface area contributed by atoms with Gasteiger partial charge in [-0.3, -0.25) is 4.79 Å². The zero-order valence-corrected chi connectivity index (χ0v) is 16.5. The van der Waals surface area contributed by atoms with Gasteiger partial charge in [-0.15, -0.1) is 11.8 Å². The zero-order valence-electron chi connectivity index (χ0n) is 14.9. The van der Waals surface area contributed by atoms with Gasteiger partial charge in [-0.25, -0.2) is 0 Å². The van der Waals surface area contributed by atoms with Crippen LogP contribution in [-0.2, 0) is 10.5 Å². The molecule has 0 fully saturated rings. The quantitative estimate of drug-likeness (QED) is 0.583. The molecule has 1 aromatic heterocycles. The number of carbonyl (C=O) groups is 1. The van der Waals surface area contributed by atoms with Gasteiger partial charge in [0.1, 0.15) is 17.2 Å². The van der Waals surface area contributed by atoms with E-state index in [4.69, 9.17) is 20.9 Å². The van der Waals surface area contributed by atoms with E-state index >= 15 is 0 Å². The molecular formula is C20H19ClN2O3S. The van der Waals surface area contributed by atoms with Crippen LogP contribution in [0.1, 0.15) is 12.7 Å². The molecule has 1 heterocycles. The number of hydrogen-bond donors (Lipinski definition) is 1. The van der Waals surface area contributed by atoms with Crippen LogP contribution in [0.5, 0.6) is 5.75 Å². The Kier molecular flexibility index (Phi) is 6.42. The first kappa shape index (κ1) is 19.3. The highest BCUT2D eigenvalue weighted by Gasteiger charge is 2.15. The number of methoxy groups -OCH3 is 1. The van der Waals surface area contributed by atoms with Crippen LogP contribution in [-0.4, -0.2) is 23.4 Å². The van der Waals surface area contributed by atoms with Crippen molar-refractivity contribution in [1.82, 2.24) is 5.16 Å². The van der Waals surface area contributed by atoms with E-state index in [1.54, 1.807) is 19.2 Å². The Hall–Kier alpha value is -2.44. The van der Waals surface area contributed by atoms with Gasteiger partial charge in [0.25, 0.3) is 0 Å². The number of benzene rings is 2. The molecule has 0 bridgehead atoms. The summed E-state index contributed by atoms with van der Waals surface area (Å²) in [7, 11) is 1.61. The van der Waals surface area contributed by atoms with Gasteiger partial charge in [0.15, 0.2) is 0 Å². The second-order valence-corrected chi connectivity index (χ2v) is 7.62. The van der Waals surface area contributed by atoms with Gasteiger partial charge < -0.3 is 14.6 Å². The van der Waals surface area contributed by atoms with E-state index < -0.39 is 0 Å². The molecule has 0 spiro atoms. The molecule has 0 aliphatic heterocycles. The summed E-state index contributed by atoms with van der Waals surface area (Å²) in [4.78, 5) is 12.3. The Morgan fingerprint density at radius 3 is 2.59 bits per heavy atom. The smallest absolute Gasteiger partial charge is 0.237 e. The normalized spacial score (nSPS) is 11.8. The van der Waals surface area contributed by atoms with Crippen molar-refractivity contribution in [3.05, 3.63) is 65.4 Å². The lowest BCUT2D eigenvalue weighted by molar-refractivity contribution is -0.115. The van der Waals surface area contributed by atoms with Crippen molar-refractivity contribution in [2.24, 2.45) is 0 Å². The summed E-state index contributed by atoms with van der Waals surface area (Å²) in [5.41, 5.74) is 2.42.